The van der Waals surface area contributed by atoms with Crippen LogP contribution in [0.5, 0.6) is 0 Å². The van der Waals surface area contributed by atoms with Crippen LogP contribution in [-0.4, -0.2) is 34.9 Å². The average molecular weight is 476 g/mol. The molecular weight excluding hydrogens is 422 g/mol. The number of amides is 1. The van der Waals surface area contributed by atoms with Gasteiger partial charge in [-0.1, -0.05) is 120 Å². The van der Waals surface area contributed by atoms with Gasteiger partial charge in [0.1, 0.15) is 0 Å². The Morgan fingerprint density at radius 3 is 1.76 bits per heavy atom. The molecule has 0 radical (unpaired) electrons. The van der Waals surface area contributed by atoms with E-state index in [4.69, 9.17) is 0 Å². The van der Waals surface area contributed by atoms with E-state index in [-0.39, 0.29) is 12.5 Å². The third-order valence-corrected chi connectivity index (χ3v) is 5.87. The number of hydrogen-bond donors (Lipinski definition) is 3. The summed E-state index contributed by atoms with van der Waals surface area (Å²) < 4.78 is 0. The predicted octanol–water partition coefficient (Wildman–Crippen LogP) is 7.33. The van der Waals surface area contributed by atoms with E-state index in [9.17, 15) is 15.0 Å². The highest BCUT2D eigenvalue weighted by molar-refractivity contribution is 5.76. The summed E-state index contributed by atoms with van der Waals surface area (Å²) in [5, 5.41) is 22.7. The molecule has 4 nitrogen and oxygen atoms in total. The van der Waals surface area contributed by atoms with Crippen LogP contribution in [0.4, 0.5) is 0 Å². The van der Waals surface area contributed by atoms with E-state index in [1.54, 1.807) is 0 Å². The molecule has 0 bridgehead atoms. The second kappa shape index (κ2) is 26.0. The minimum Gasteiger partial charge on any atom is -0.394 e. The predicted molar refractivity (Wildman–Crippen MR) is 147 cm³/mol. The van der Waals surface area contributed by atoms with Crippen LogP contribution in [0.2, 0.25) is 0 Å². The van der Waals surface area contributed by atoms with E-state index in [2.05, 4.69) is 61.7 Å². The molecule has 0 heterocycles. The summed E-state index contributed by atoms with van der Waals surface area (Å²) in [4.78, 5) is 12.1. The first-order chi connectivity index (χ1) is 16.7. The Balaban J connectivity index is 3.82. The van der Waals surface area contributed by atoms with Gasteiger partial charge in [0.05, 0.1) is 18.8 Å². The third-order valence-electron chi connectivity index (χ3n) is 5.87. The molecule has 0 aliphatic carbocycles. The fraction of sp³-hybridized carbons (Fsp3) is 0.700. The van der Waals surface area contributed by atoms with Crippen molar-refractivity contribution in [1.29, 1.82) is 0 Å². The summed E-state index contributed by atoms with van der Waals surface area (Å²) in [6.45, 7) is 4.15. The highest BCUT2D eigenvalue weighted by atomic mass is 16.3. The van der Waals surface area contributed by atoms with Gasteiger partial charge in [-0.2, -0.15) is 0 Å². The molecule has 3 N–H and O–H groups in total. The number of aliphatic hydroxyl groups excluding tert-OH is 2. The molecule has 0 aliphatic heterocycles. The van der Waals surface area contributed by atoms with Crippen LogP contribution in [0.3, 0.4) is 0 Å². The molecule has 0 saturated heterocycles. The maximum absolute atomic E-state index is 12.1. The quantitative estimate of drug-likeness (QED) is 0.107. The Kier molecular flexibility index (Phi) is 24.7. The Hall–Kier alpha value is -1.65. The summed E-state index contributed by atoms with van der Waals surface area (Å²) in [7, 11) is 0. The summed E-state index contributed by atoms with van der Waals surface area (Å²) in [5.74, 6) is -0.118. The topological polar surface area (TPSA) is 69.6 Å². The Labute approximate surface area is 210 Å². The fourth-order valence-electron chi connectivity index (χ4n) is 3.72. The summed E-state index contributed by atoms with van der Waals surface area (Å²) >= 11 is 0. The van der Waals surface area contributed by atoms with Crippen molar-refractivity contribution in [3.8, 4) is 0 Å². The van der Waals surface area contributed by atoms with Crippen molar-refractivity contribution in [2.45, 2.75) is 129 Å². The van der Waals surface area contributed by atoms with Gasteiger partial charge in [0.25, 0.3) is 0 Å². The smallest absolute Gasteiger partial charge is 0.220 e. The van der Waals surface area contributed by atoms with E-state index in [0.29, 0.717) is 19.3 Å². The number of aliphatic hydroxyl groups is 2. The first-order valence-corrected chi connectivity index (χ1v) is 13.8. The van der Waals surface area contributed by atoms with Gasteiger partial charge in [-0.3, -0.25) is 4.79 Å². The molecule has 0 spiro atoms. The maximum Gasteiger partial charge on any atom is 0.220 e. The van der Waals surface area contributed by atoms with Crippen molar-refractivity contribution in [2.75, 3.05) is 6.61 Å². The lowest BCUT2D eigenvalue weighted by atomic mass is 10.0. The van der Waals surface area contributed by atoms with E-state index in [1.807, 2.05) is 6.08 Å². The molecule has 0 saturated carbocycles. The monoisotopic (exact) mass is 475 g/mol. The molecule has 0 aromatic heterocycles. The highest BCUT2D eigenvalue weighted by Crippen LogP contribution is 2.12. The molecule has 1 amide bonds. The van der Waals surface area contributed by atoms with Crippen LogP contribution in [-0.2, 0) is 4.79 Å². The standard InChI is InChI=1S/C30H53NO3/c1-3-5-7-9-11-13-14-15-16-18-20-22-24-26-30(34)31-28(27-32)29(33)25-23-21-19-17-12-10-8-6-4-2/h5,7,11,13,15-16,20,22,28-29,32-33H,3-4,6,8-10,12,14,17-19,21,23-27H2,1-2H3,(H,31,34)/b7-5-,13-11-,16-15-,22-20-. The van der Waals surface area contributed by atoms with E-state index in [0.717, 1.165) is 38.5 Å². The van der Waals surface area contributed by atoms with Gasteiger partial charge >= 0.3 is 0 Å². The number of nitrogens with one attached hydrogen (secondary N) is 1. The van der Waals surface area contributed by atoms with Crippen molar-refractivity contribution in [2.24, 2.45) is 0 Å². The SMILES string of the molecule is CC/C=C\C/C=C\C/C=C\C/C=C\CCC(=O)NC(CO)C(O)CCCCCCCCCCC. The lowest BCUT2D eigenvalue weighted by Crippen LogP contribution is -2.45. The maximum atomic E-state index is 12.1. The van der Waals surface area contributed by atoms with Crippen molar-refractivity contribution in [3.05, 3.63) is 48.6 Å². The molecule has 0 rings (SSSR count). The van der Waals surface area contributed by atoms with Crippen molar-refractivity contribution < 1.29 is 15.0 Å². The van der Waals surface area contributed by atoms with Crippen LogP contribution in [0.1, 0.15) is 117 Å². The molecule has 4 heteroatoms. The minimum atomic E-state index is -0.684. The second-order valence-corrected chi connectivity index (χ2v) is 9.08. The minimum absolute atomic E-state index is 0.118. The number of carbonyl (C=O) groups excluding carboxylic acids is 1. The van der Waals surface area contributed by atoms with Gasteiger partial charge in [-0.25, -0.2) is 0 Å². The molecule has 0 fully saturated rings. The Bertz CT molecular complexity index is 565. The van der Waals surface area contributed by atoms with Crippen molar-refractivity contribution in [1.82, 2.24) is 5.32 Å². The molecule has 2 atom stereocenters. The van der Waals surface area contributed by atoms with Crippen molar-refractivity contribution in [3.63, 3.8) is 0 Å². The highest BCUT2D eigenvalue weighted by Gasteiger charge is 2.19. The van der Waals surface area contributed by atoms with Gasteiger partial charge in [-0.05, 0) is 38.5 Å². The zero-order valence-electron chi connectivity index (χ0n) is 22.1. The summed E-state index contributed by atoms with van der Waals surface area (Å²) in [6, 6.07) is -0.570. The van der Waals surface area contributed by atoms with Crippen LogP contribution < -0.4 is 5.32 Å². The zero-order chi connectivity index (χ0) is 25.1. The van der Waals surface area contributed by atoms with E-state index < -0.39 is 12.1 Å². The third kappa shape index (κ3) is 22.2. The van der Waals surface area contributed by atoms with Gasteiger partial charge in [0.15, 0.2) is 0 Å². The Morgan fingerprint density at radius 1 is 0.735 bits per heavy atom. The number of carbonyl (C=O) groups is 1. The van der Waals surface area contributed by atoms with E-state index >= 15 is 0 Å². The van der Waals surface area contributed by atoms with Crippen LogP contribution in [0.15, 0.2) is 48.6 Å². The number of hydrogen-bond acceptors (Lipinski definition) is 3. The molecule has 0 aromatic rings. The second-order valence-electron chi connectivity index (χ2n) is 9.08. The van der Waals surface area contributed by atoms with Gasteiger partial charge in [0.2, 0.25) is 5.91 Å². The molecule has 0 aromatic carbocycles. The van der Waals surface area contributed by atoms with Crippen LogP contribution in [0.25, 0.3) is 0 Å². The largest absolute Gasteiger partial charge is 0.394 e. The normalized spacial score (nSPS) is 14.1. The van der Waals surface area contributed by atoms with Crippen LogP contribution >= 0.6 is 0 Å². The fourth-order valence-corrected chi connectivity index (χ4v) is 3.72. The lowest BCUT2D eigenvalue weighted by molar-refractivity contribution is -0.123. The number of allylic oxidation sites excluding steroid dienone is 8. The summed E-state index contributed by atoms with van der Waals surface area (Å²) in [6.07, 6.45) is 33.0. The molecular formula is C30H53NO3. The molecule has 2 unspecified atom stereocenters. The van der Waals surface area contributed by atoms with Crippen molar-refractivity contribution >= 4 is 5.91 Å². The summed E-state index contributed by atoms with van der Waals surface area (Å²) in [5.41, 5.74) is 0. The first kappa shape index (κ1) is 32.4. The molecule has 0 aliphatic rings. The number of unbranched alkanes of at least 4 members (excludes halogenated alkanes) is 8. The molecule has 196 valence electrons. The number of rotatable bonds is 23. The van der Waals surface area contributed by atoms with Gasteiger partial charge in [0, 0.05) is 6.42 Å². The lowest BCUT2D eigenvalue weighted by Gasteiger charge is -2.22. The van der Waals surface area contributed by atoms with Crippen LogP contribution in [0, 0.1) is 0 Å². The molecule has 34 heavy (non-hydrogen) atoms. The first-order valence-electron chi connectivity index (χ1n) is 13.8. The Morgan fingerprint density at radius 2 is 1.24 bits per heavy atom. The zero-order valence-corrected chi connectivity index (χ0v) is 22.1. The van der Waals surface area contributed by atoms with Gasteiger partial charge < -0.3 is 15.5 Å². The average Bonchev–Trinajstić information content (AvgIpc) is 2.84. The van der Waals surface area contributed by atoms with Gasteiger partial charge in [-0.15, -0.1) is 0 Å². The van der Waals surface area contributed by atoms with E-state index in [1.165, 1.54) is 44.9 Å².